The van der Waals surface area contributed by atoms with Crippen LogP contribution in [0.2, 0.25) is 0 Å². The summed E-state index contributed by atoms with van der Waals surface area (Å²) in [5, 5.41) is 11.4. The van der Waals surface area contributed by atoms with E-state index >= 15 is 0 Å². The first-order valence-electron chi connectivity index (χ1n) is 10.3. The maximum absolute atomic E-state index is 12.9. The summed E-state index contributed by atoms with van der Waals surface area (Å²) >= 11 is 0. The van der Waals surface area contributed by atoms with Crippen LogP contribution in [0.4, 0.5) is 4.79 Å². The van der Waals surface area contributed by atoms with E-state index in [2.05, 4.69) is 17.1 Å². The molecule has 2 amide bonds. The fourth-order valence-electron chi connectivity index (χ4n) is 3.14. The lowest BCUT2D eigenvalue weighted by atomic mass is 10.1. The van der Waals surface area contributed by atoms with E-state index < -0.39 is 23.7 Å². The molecule has 0 bridgehead atoms. The van der Waals surface area contributed by atoms with Gasteiger partial charge >= 0.3 is 12.1 Å². The number of carbonyl (C=O) groups excluding carboxylic acids is 2. The third kappa shape index (κ3) is 9.92. The SMILES string of the molecule is CCCC[C@H](NC(=O)OC(C)(C)C)C(=O)N1CCN(CCCCC(=O)O)CC1. The van der Waals surface area contributed by atoms with Gasteiger partial charge in [-0.3, -0.25) is 14.5 Å². The van der Waals surface area contributed by atoms with Crippen LogP contribution in [0, 0.1) is 0 Å². The molecule has 1 rings (SSSR count). The molecule has 2 N–H and O–H groups in total. The Kier molecular flexibility index (Phi) is 10.3. The van der Waals surface area contributed by atoms with Gasteiger partial charge in [-0.15, -0.1) is 0 Å². The number of unbranched alkanes of at least 4 members (excludes halogenated alkanes) is 2. The fourth-order valence-corrected chi connectivity index (χ4v) is 3.14. The van der Waals surface area contributed by atoms with E-state index in [9.17, 15) is 14.4 Å². The van der Waals surface area contributed by atoms with Crippen molar-refractivity contribution in [1.82, 2.24) is 15.1 Å². The molecule has 1 heterocycles. The van der Waals surface area contributed by atoms with Crippen LogP contribution in [0.3, 0.4) is 0 Å². The van der Waals surface area contributed by atoms with Crippen LogP contribution >= 0.6 is 0 Å². The van der Waals surface area contributed by atoms with E-state index in [-0.39, 0.29) is 12.3 Å². The van der Waals surface area contributed by atoms with Crippen LogP contribution in [0.5, 0.6) is 0 Å². The molecule has 8 nitrogen and oxygen atoms in total. The molecule has 0 saturated carbocycles. The molecule has 1 saturated heterocycles. The van der Waals surface area contributed by atoms with E-state index in [0.29, 0.717) is 25.9 Å². The van der Waals surface area contributed by atoms with Gasteiger partial charge in [0.25, 0.3) is 0 Å². The Morgan fingerprint density at radius 2 is 1.71 bits per heavy atom. The summed E-state index contributed by atoms with van der Waals surface area (Å²) in [5.74, 6) is -0.809. The zero-order valence-corrected chi connectivity index (χ0v) is 17.8. The van der Waals surface area contributed by atoms with Crippen molar-refractivity contribution in [2.45, 2.75) is 77.9 Å². The summed E-state index contributed by atoms with van der Waals surface area (Å²) in [6.07, 6.45) is 3.57. The highest BCUT2D eigenvalue weighted by Crippen LogP contribution is 2.12. The molecular formula is C20H37N3O5. The lowest BCUT2D eigenvalue weighted by Gasteiger charge is -2.36. The van der Waals surface area contributed by atoms with Gasteiger partial charge in [-0.2, -0.15) is 0 Å². The van der Waals surface area contributed by atoms with Gasteiger partial charge in [-0.25, -0.2) is 4.79 Å². The van der Waals surface area contributed by atoms with Crippen LogP contribution in [-0.2, 0) is 14.3 Å². The van der Waals surface area contributed by atoms with Crippen LogP contribution < -0.4 is 5.32 Å². The van der Waals surface area contributed by atoms with Crippen LogP contribution in [0.25, 0.3) is 0 Å². The number of nitrogens with zero attached hydrogens (tertiary/aromatic N) is 2. The predicted octanol–water partition coefficient (Wildman–Crippen LogP) is 2.47. The Morgan fingerprint density at radius 3 is 2.25 bits per heavy atom. The van der Waals surface area contributed by atoms with Crippen molar-refractivity contribution in [3.63, 3.8) is 0 Å². The van der Waals surface area contributed by atoms with E-state index in [1.165, 1.54) is 0 Å². The normalized spacial score (nSPS) is 16.5. The van der Waals surface area contributed by atoms with Gasteiger partial charge < -0.3 is 20.1 Å². The molecule has 0 aliphatic carbocycles. The number of hydrogen-bond acceptors (Lipinski definition) is 5. The molecule has 1 aliphatic rings. The van der Waals surface area contributed by atoms with Crippen molar-refractivity contribution in [2.24, 2.45) is 0 Å². The van der Waals surface area contributed by atoms with Crippen molar-refractivity contribution in [2.75, 3.05) is 32.7 Å². The highest BCUT2D eigenvalue weighted by atomic mass is 16.6. The number of piperazine rings is 1. The molecule has 0 aromatic rings. The Morgan fingerprint density at radius 1 is 1.07 bits per heavy atom. The lowest BCUT2D eigenvalue weighted by molar-refractivity contribution is -0.137. The molecule has 28 heavy (non-hydrogen) atoms. The number of aliphatic carboxylic acids is 1. The number of nitrogens with one attached hydrogen (secondary N) is 1. The van der Waals surface area contributed by atoms with Gasteiger partial charge in [-0.05, 0) is 46.6 Å². The second kappa shape index (κ2) is 11.9. The summed E-state index contributed by atoms with van der Waals surface area (Å²) in [6, 6.07) is -0.558. The molecule has 1 atom stereocenters. The number of carboxylic acids is 1. The van der Waals surface area contributed by atoms with Gasteiger partial charge in [0.15, 0.2) is 0 Å². The van der Waals surface area contributed by atoms with Gasteiger partial charge in [0, 0.05) is 32.6 Å². The molecule has 0 spiro atoms. The van der Waals surface area contributed by atoms with Crippen LogP contribution in [0.1, 0.15) is 66.2 Å². The fraction of sp³-hybridized carbons (Fsp3) is 0.850. The third-order valence-electron chi connectivity index (χ3n) is 4.63. The van der Waals surface area contributed by atoms with Crippen LogP contribution in [-0.4, -0.2) is 77.2 Å². The van der Waals surface area contributed by atoms with Crippen molar-refractivity contribution in [3.05, 3.63) is 0 Å². The summed E-state index contributed by atoms with van der Waals surface area (Å²) < 4.78 is 5.30. The summed E-state index contributed by atoms with van der Waals surface area (Å²) in [7, 11) is 0. The number of ether oxygens (including phenoxy) is 1. The smallest absolute Gasteiger partial charge is 0.408 e. The number of rotatable bonds is 10. The van der Waals surface area contributed by atoms with Crippen molar-refractivity contribution in [3.8, 4) is 0 Å². The standard InChI is InChI=1S/C20H37N3O5/c1-5-6-9-16(21-19(27)28-20(2,3)4)18(26)23-14-12-22(13-15-23)11-8-7-10-17(24)25/h16H,5-15H2,1-4H3,(H,21,27)(H,24,25)/t16-/m0/s1. The monoisotopic (exact) mass is 399 g/mol. The van der Waals surface area contributed by atoms with Crippen molar-refractivity contribution < 1.29 is 24.2 Å². The van der Waals surface area contributed by atoms with Gasteiger partial charge in [-0.1, -0.05) is 19.8 Å². The second-order valence-corrected chi connectivity index (χ2v) is 8.36. The summed E-state index contributed by atoms with van der Waals surface area (Å²) in [6.45, 7) is 11.1. The molecular weight excluding hydrogens is 362 g/mol. The van der Waals surface area contributed by atoms with Crippen molar-refractivity contribution >= 4 is 18.0 Å². The minimum absolute atomic E-state index is 0.0511. The van der Waals surface area contributed by atoms with E-state index in [1.807, 2.05) is 4.90 Å². The molecule has 8 heteroatoms. The minimum Gasteiger partial charge on any atom is -0.481 e. The van der Waals surface area contributed by atoms with E-state index in [1.54, 1.807) is 20.8 Å². The Balaban J connectivity index is 2.49. The number of hydrogen-bond donors (Lipinski definition) is 2. The zero-order chi connectivity index (χ0) is 21.2. The number of alkyl carbamates (subject to hydrolysis) is 1. The molecule has 162 valence electrons. The maximum Gasteiger partial charge on any atom is 0.408 e. The number of carbonyl (C=O) groups is 3. The highest BCUT2D eigenvalue weighted by molar-refractivity contribution is 5.85. The lowest BCUT2D eigenvalue weighted by Crippen LogP contribution is -2.55. The largest absolute Gasteiger partial charge is 0.481 e. The van der Waals surface area contributed by atoms with Gasteiger partial charge in [0.05, 0.1) is 0 Å². The maximum atomic E-state index is 12.9. The molecule has 0 aromatic carbocycles. The Bertz CT molecular complexity index is 510. The number of amides is 2. The second-order valence-electron chi connectivity index (χ2n) is 8.36. The average molecular weight is 400 g/mol. The average Bonchev–Trinajstić information content (AvgIpc) is 2.60. The summed E-state index contributed by atoms with van der Waals surface area (Å²) in [4.78, 5) is 39.7. The van der Waals surface area contributed by atoms with Gasteiger partial charge in [0.1, 0.15) is 11.6 Å². The Hall–Kier alpha value is -1.83. The predicted molar refractivity (Wildman–Crippen MR) is 107 cm³/mol. The first-order chi connectivity index (χ1) is 13.1. The Labute approximate surface area is 168 Å². The summed E-state index contributed by atoms with van der Waals surface area (Å²) in [5.41, 5.74) is -0.602. The quantitative estimate of drug-likeness (QED) is 0.548. The molecule has 0 radical (unpaired) electrons. The first-order valence-corrected chi connectivity index (χ1v) is 10.3. The molecule has 0 aromatic heterocycles. The molecule has 0 unspecified atom stereocenters. The highest BCUT2D eigenvalue weighted by Gasteiger charge is 2.29. The van der Waals surface area contributed by atoms with E-state index in [4.69, 9.17) is 9.84 Å². The third-order valence-corrected chi connectivity index (χ3v) is 4.63. The van der Waals surface area contributed by atoms with E-state index in [0.717, 1.165) is 38.9 Å². The molecule has 1 aliphatic heterocycles. The van der Waals surface area contributed by atoms with Gasteiger partial charge in [0.2, 0.25) is 5.91 Å². The molecule has 1 fully saturated rings. The van der Waals surface area contributed by atoms with Crippen LogP contribution in [0.15, 0.2) is 0 Å². The topological polar surface area (TPSA) is 99.2 Å². The number of carboxylic acid groups (broad SMARTS) is 1. The zero-order valence-electron chi connectivity index (χ0n) is 17.8. The first kappa shape index (κ1) is 24.2. The minimum atomic E-state index is -0.758. The van der Waals surface area contributed by atoms with Crippen molar-refractivity contribution in [1.29, 1.82) is 0 Å².